The van der Waals surface area contributed by atoms with Crippen molar-refractivity contribution >= 4 is 17.7 Å². The first kappa shape index (κ1) is 12.1. The number of carbonyl (C=O) groups excluding carboxylic acids is 2. The molecular formula is C12H11NO5. The predicted molar refractivity (Wildman–Crippen MR) is 60.4 cm³/mol. The van der Waals surface area contributed by atoms with Gasteiger partial charge in [0.15, 0.2) is 0 Å². The van der Waals surface area contributed by atoms with Gasteiger partial charge < -0.3 is 14.3 Å². The van der Waals surface area contributed by atoms with Gasteiger partial charge in [0.2, 0.25) is 0 Å². The third-order valence-corrected chi connectivity index (χ3v) is 2.44. The maximum atomic E-state index is 11.6. The molecule has 1 aromatic carbocycles. The van der Waals surface area contributed by atoms with Crippen molar-refractivity contribution in [2.45, 2.75) is 12.7 Å². The molecule has 1 aliphatic heterocycles. The number of benzene rings is 1. The highest BCUT2D eigenvalue weighted by Crippen LogP contribution is 2.30. The second-order valence-corrected chi connectivity index (χ2v) is 3.71. The molecule has 0 spiro atoms. The van der Waals surface area contributed by atoms with Crippen LogP contribution in [0.4, 0.5) is 0 Å². The Labute approximate surface area is 103 Å². The van der Waals surface area contributed by atoms with Crippen LogP contribution in [0.3, 0.4) is 0 Å². The average Bonchev–Trinajstić information content (AvgIpc) is 2.35. The van der Waals surface area contributed by atoms with E-state index in [0.717, 1.165) is 0 Å². The fraction of sp³-hybridized carbons (Fsp3) is 0.250. The Kier molecular flexibility index (Phi) is 3.01. The molecule has 2 rings (SSSR count). The first-order valence-electron chi connectivity index (χ1n) is 5.20. The van der Waals surface area contributed by atoms with Crippen molar-refractivity contribution in [2.75, 3.05) is 7.11 Å². The van der Waals surface area contributed by atoms with Crippen LogP contribution in [-0.4, -0.2) is 24.8 Å². The Morgan fingerprint density at radius 2 is 1.67 bits per heavy atom. The molecule has 1 aromatic rings. The minimum absolute atomic E-state index is 0.508. The number of esters is 2. The minimum Gasteiger partial charge on any atom is -0.413 e. The van der Waals surface area contributed by atoms with Gasteiger partial charge in [-0.05, 0) is 0 Å². The summed E-state index contributed by atoms with van der Waals surface area (Å²) < 4.78 is 10.2. The molecule has 0 atom stereocenters. The summed E-state index contributed by atoms with van der Waals surface area (Å²) in [4.78, 5) is 27.7. The maximum absolute atomic E-state index is 11.6. The normalized spacial score (nSPS) is 23.1. The summed E-state index contributed by atoms with van der Waals surface area (Å²) in [5.74, 6) is -3.19. The molecule has 6 nitrogen and oxygen atoms in total. The largest absolute Gasteiger partial charge is 0.413 e. The van der Waals surface area contributed by atoms with Crippen LogP contribution < -0.4 is 0 Å². The van der Waals surface area contributed by atoms with Gasteiger partial charge >= 0.3 is 11.9 Å². The van der Waals surface area contributed by atoms with Gasteiger partial charge in [-0.1, -0.05) is 35.5 Å². The molecule has 0 unspecified atom stereocenters. The summed E-state index contributed by atoms with van der Waals surface area (Å²) in [6.45, 7) is 1.49. The number of hydrogen-bond acceptors (Lipinski definition) is 6. The number of hydrogen-bond donors (Lipinski definition) is 0. The Morgan fingerprint density at radius 1 is 1.11 bits per heavy atom. The van der Waals surface area contributed by atoms with E-state index < -0.39 is 23.4 Å². The van der Waals surface area contributed by atoms with Crippen molar-refractivity contribution in [2.24, 2.45) is 5.16 Å². The standard InChI is InChI=1S/C12H11NO5/c1-12(8-6-4-3-5-7-8)17-10(14)9(13-16-2)11(15)18-12/h3-7H,1-2H3. The van der Waals surface area contributed by atoms with Gasteiger partial charge in [-0.25, -0.2) is 9.59 Å². The molecule has 1 aliphatic rings. The third kappa shape index (κ3) is 2.04. The van der Waals surface area contributed by atoms with E-state index in [1.807, 2.05) is 0 Å². The monoisotopic (exact) mass is 249 g/mol. The highest BCUT2D eigenvalue weighted by molar-refractivity contribution is 6.63. The second kappa shape index (κ2) is 4.48. The molecule has 0 saturated carbocycles. The lowest BCUT2D eigenvalue weighted by molar-refractivity contribution is -0.226. The number of carbonyl (C=O) groups is 2. The van der Waals surface area contributed by atoms with E-state index in [-0.39, 0.29) is 0 Å². The van der Waals surface area contributed by atoms with Gasteiger partial charge in [0, 0.05) is 12.5 Å². The van der Waals surface area contributed by atoms with Crippen LogP contribution in [0.25, 0.3) is 0 Å². The van der Waals surface area contributed by atoms with Gasteiger partial charge in [0.1, 0.15) is 7.11 Å². The molecule has 6 heteroatoms. The van der Waals surface area contributed by atoms with Crippen molar-refractivity contribution < 1.29 is 23.9 Å². The molecule has 1 fully saturated rings. The number of rotatable bonds is 2. The molecule has 1 heterocycles. The molecule has 1 saturated heterocycles. The summed E-state index contributed by atoms with van der Waals surface area (Å²) in [5, 5.41) is 3.27. The Balaban J connectivity index is 2.33. The van der Waals surface area contributed by atoms with Crippen LogP contribution in [0.1, 0.15) is 12.5 Å². The van der Waals surface area contributed by atoms with Gasteiger partial charge in [0.05, 0.1) is 0 Å². The summed E-state index contributed by atoms with van der Waals surface area (Å²) in [5.41, 5.74) is 0.0501. The number of ether oxygens (including phenoxy) is 2. The zero-order chi connectivity index (χ0) is 13.2. The van der Waals surface area contributed by atoms with Crippen molar-refractivity contribution in [1.82, 2.24) is 0 Å². The molecule has 18 heavy (non-hydrogen) atoms. The molecule has 0 N–H and O–H groups in total. The van der Waals surface area contributed by atoms with E-state index in [0.29, 0.717) is 5.56 Å². The SMILES string of the molecule is CON=C1C(=O)OC(C)(c2ccccc2)OC1=O. The van der Waals surface area contributed by atoms with Crippen molar-refractivity contribution in [3.8, 4) is 0 Å². The minimum atomic E-state index is -1.44. The quantitative estimate of drug-likeness (QED) is 0.576. The van der Waals surface area contributed by atoms with E-state index in [1.165, 1.54) is 14.0 Å². The van der Waals surface area contributed by atoms with Crippen molar-refractivity contribution in [3.63, 3.8) is 0 Å². The third-order valence-electron chi connectivity index (χ3n) is 2.44. The van der Waals surface area contributed by atoms with Gasteiger partial charge in [0.25, 0.3) is 11.5 Å². The molecule has 0 amide bonds. The second-order valence-electron chi connectivity index (χ2n) is 3.71. The van der Waals surface area contributed by atoms with Crippen LogP contribution in [0.5, 0.6) is 0 Å². The van der Waals surface area contributed by atoms with E-state index >= 15 is 0 Å². The summed E-state index contributed by atoms with van der Waals surface area (Å²) in [6.07, 6.45) is 0. The van der Waals surface area contributed by atoms with E-state index in [2.05, 4.69) is 9.99 Å². The van der Waals surface area contributed by atoms with Gasteiger partial charge in [-0.15, -0.1) is 0 Å². The first-order valence-corrected chi connectivity index (χ1v) is 5.20. The molecular weight excluding hydrogens is 238 g/mol. The topological polar surface area (TPSA) is 74.2 Å². The summed E-state index contributed by atoms with van der Waals surface area (Å²) in [6, 6.07) is 8.69. The van der Waals surface area contributed by atoms with E-state index in [9.17, 15) is 9.59 Å². The fourth-order valence-corrected chi connectivity index (χ4v) is 1.58. The van der Waals surface area contributed by atoms with Gasteiger partial charge in [-0.2, -0.15) is 0 Å². The maximum Gasteiger partial charge on any atom is 0.371 e. The van der Waals surface area contributed by atoms with Crippen molar-refractivity contribution in [1.29, 1.82) is 0 Å². The lowest BCUT2D eigenvalue weighted by atomic mass is 10.1. The van der Waals surface area contributed by atoms with E-state index in [1.54, 1.807) is 30.3 Å². The molecule has 0 aliphatic carbocycles. The van der Waals surface area contributed by atoms with Crippen LogP contribution >= 0.6 is 0 Å². The van der Waals surface area contributed by atoms with Gasteiger partial charge in [-0.3, -0.25) is 0 Å². The Hall–Kier alpha value is -2.37. The molecule has 94 valence electrons. The van der Waals surface area contributed by atoms with Crippen LogP contribution in [-0.2, 0) is 29.7 Å². The zero-order valence-electron chi connectivity index (χ0n) is 9.88. The fourth-order valence-electron chi connectivity index (χ4n) is 1.58. The molecule has 0 aromatic heterocycles. The molecule has 0 radical (unpaired) electrons. The Bertz CT molecular complexity index is 488. The number of oxime groups is 1. The average molecular weight is 249 g/mol. The highest BCUT2D eigenvalue weighted by Gasteiger charge is 2.45. The predicted octanol–water partition coefficient (Wildman–Crippen LogP) is 0.962. The zero-order valence-corrected chi connectivity index (χ0v) is 9.88. The van der Waals surface area contributed by atoms with E-state index in [4.69, 9.17) is 9.47 Å². The number of cyclic esters (lactones) is 2. The van der Waals surface area contributed by atoms with Crippen molar-refractivity contribution in [3.05, 3.63) is 35.9 Å². The highest BCUT2D eigenvalue weighted by atomic mass is 16.7. The lowest BCUT2D eigenvalue weighted by Crippen LogP contribution is -2.46. The first-order chi connectivity index (χ1) is 8.57. The molecule has 0 bridgehead atoms. The lowest BCUT2D eigenvalue weighted by Gasteiger charge is -2.32. The van der Waals surface area contributed by atoms with Crippen LogP contribution in [0.15, 0.2) is 35.5 Å². The summed E-state index contributed by atoms with van der Waals surface area (Å²) in [7, 11) is 1.22. The van der Waals surface area contributed by atoms with Crippen LogP contribution in [0.2, 0.25) is 0 Å². The van der Waals surface area contributed by atoms with Crippen LogP contribution in [0, 0.1) is 0 Å². The summed E-state index contributed by atoms with van der Waals surface area (Å²) >= 11 is 0. The smallest absolute Gasteiger partial charge is 0.371 e. The Morgan fingerprint density at radius 3 is 2.17 bits per heavy atom. The number of nitrogens with zero attached hydrogens (tertiary/aromatic N) is 1.